The zero-order chi connectivity index (χ0) is 14.4. The van der Waals surface area contributed by atoms with Crippen molar-refractivity contribution in [2.75, 3.05) is 6.54 Å². The summed E-state index contributed by atoms with van der Waals surface area (Å²) in [5, 5.41) is 10.5. The predicted molar refractivity (Wildman–Crippen MR) is 72.5 cm³/mol. The first-order valence-corrected chi connectivity index (χ1v) is 6.78. The largest absolute Gasteiger partial charge is 0.481 e. The molecule has 1 saturated carbocycles. The molecule has 20 heavy (non-hydrogen) atoms. The summed E-state index contributed by atoms with van der Waals surface area (Å²) in [6.07, 6.45) is 3.53. The molecule has 0 saturated heterocycles. The molecule has 5 heteroatoms. The lowest BCUT2D eigenvalue weighted by molar-refractivity contribution is -0.191. The van der Waals surface area contributed by atoms with Crippen LogP contribution in [0.3, 0.4) is 0 Å². The number of amides is 1. The summed E-state index contributed by atoms with van der Waals surface area (Å²) < 4.78 is 0. The highest BCUT2D eigenvalue weighted by Crippen LogP contribution is 2.39. The number of carbonyl (C=O) groups excluding carboxylic acids is 1. The third kappa shape index (κ3) is 3.36. The fourth-order valence-electron chi connectivity index (χ4n) is 2.63. The molecule has 1 N–H and O–H groups in total. The molecule has 0 aromatic heterocycles. The molecule has 0 unspecified atom stereocenters. The van der Waals surface area contributed by atoms with Crippen molar-refractivity contribution in [1.29, 1.82) is 0 Å². The van der Waals surface area contributed by atoms with Gasteiger partial charge in [0.25, 0.3) is 0 Å². The summed E-state index contributed by atoms with van der Waals surface area (Å²) in [5.74, 6) is -0.842. The maximum Gasteiger partial charge on any atom is 0.311 e. The van der Waals surface area contributed by atoms with Crippen molar-refractivity contribution in [3.05, 3.63) is 35.9 Å². The molecule has 0 spiro atoms. The highest BCUT2D eigenvalue weighted by atomic mass is 16.7. The molecule has 1 aliphatic carbocycles. The second-order valence-corrected chi connectivity index (χ2v) is 5.23. The van der Waals surface area contributed by atoms with Gasteiger partial charge in [-0.15, -0.1) is 0 Å². The normalized spacial score (nSPS) is 16.8. The van der Waals surface area contributed by atoms with E-state index in [2.05, 4.69) is 0 Å². The summed E-state index contributed by atoms with van der Waals surface area (Å²) >= 11 is 0. The first-order valence-electron chi connectivity index (χ1n) is 6.78. The molecule has 0 radical (unpaired) electrons. The lowest BCUT2D eigenvalue weighted by Crippen LogP contribution is -2.41. The quantitative estimate of drug-likeness (QED) is 0.613. The number of hydrogen-bond acceptors (Lipinski definition) is 3. The van der Waals surface area contributed by atoms with Gasteiger partial charge in [0.05, 0.1) is 12.0 Å². The molecule has 5 nitrogen and oxygen atoms in total. The van der Waals surface area contributed by atoms with Crippen LogP contribution >= 0.6 is 0 Å². The maximum absolute atomic E-state index is 11.5. The van der Waals surface area contributed by atoms with Crippen LogP contribution in [0.15, 0.2) is 30.3 Å². The number of nitrogens with zero attached hydrogens (tertiary/aromatic N) is 1. The number of benzene rings is 1. The Morgan fingerprint density at radius 1 is 1.30 bits per heavy atom. The maximum atomic E-state index is 11.5. The molecule has 2 rings (SSSR count). The third-order valence-electron chi connectivity index (χ3n) is 3.83. The van der Waals surface area contributed by atoms with Crippen LogP contribution < -0.4 is 0 Å². The molecule has 0 atom stereocenters. The smallest absolute Gasteiger partial charge is 0.311 e. The van der Waals surface area contributed by atoms with Gasteiger partial charge in [0, 0.05) is 0 Å². The Morgan fingerprint density at radius 3 is 2.50 bits per heavy atom. The van der Waals surface area contributed by atoms with Crippen LogP contribution in [-0.4, -0.2) is 29.1 Å². The summed E-state index contributed by atoms with van der Waals surface area (Å²) in [5.41, 5.74) is 0.0903. The van der Waals surface area contributed by atoms with Gasteiger partial charge in [-0.2, -0.15) is 0 Å². The third-order valence-corrected chi connectivity index (χ3v) is 3.83. The SMILES string of the molecule is O=CN(CC1(C(=O)O)CCCC1)OCc1ccccc1. The van der Waals surface area contributed by atoms with Crippen LogP contribution in [0.25, 0.3) is 0 Å². The highest BCUT2D eigenvalue weighted by molar-refractivity contribution is 5.75. The lowest BCUT2D eigenvalue weighted by atomic mass is 9.86. The summed E-state index contributed by atoms with van der Waals surface area (Å²) in [4.78, 5) is 28.0. The van der Waals surface area contributed by atoms with Crippen LogP contribution in [0.5, 0.6) is 0 Å². The lowest BCUT2D eigenvalue weighted by Gasteiger charge is -2.28. The highest BCUT2D eigenvalue weighted by Gasteiger charge is 2.43. The first kappa shape index (κ1) is 14.5. The summed E-state index contributed by atoms with van der Waals surface area (Å²) in [7, 11) is 0. The topological polar surface area (TPSA) is 66.8 Å². The zero-order valence-corrected chi connectivity index (χ0v) is 11.3. The molecule has 0 heterocycles. The Morgan fingerprint density at radius 2 is 1.95 bits per heavy atom. The average Bonchev–Trinajstić information content (AvgIpc) is 2.94. The van der Waals surface area contributed by atoms with Gasteiger partial charge in [0.2, 0.25) is 6.41 Å². The Labute approximate surface area is 118 Å². The molecule has 0 bridgehead atoms. The predicted octanol–water partition coefficient (Wildman–Crippen LogP) is 2.22. The van der Waals surface area contributed by atoms with Crippen LogP contribution in [0.1, 0.15) is 31.2 Å². The number of hydrogen-bond donors (Lipinski definition) is 1. The Hall–Kier alpha value is -1.88. The minimum Gasteiger partial charge on any atom is -0.481 e. The van der Waals surface area contributed by atoms with E-state index in [9.17, 15) is 14.7 Å². The number of carboxylic acids is 1. The molecule has 0 aliphatic heterocycles. The molecule has 108 valence electrons. The van der Waals surface area contributed by atoms with E-state index in [1.165, 1.54) is 0 Å². The molecular weight excluding hydrogens is 258 g/mol. The van der Waals surface area contributed by atoms with Gasteiger partial charge in [0.15, 0.2) is 0 Å². The first-order chi connectivity index (χ1) is 9.66. The van der Waals surface area contributed by atoms with E-state index in [0.717, 1.165) is 23.5 Å². The molecule has 1 aromatic carbocycles. The van der Waals surface area contributed by atoms with Crippen LogP contribution in [-0.2, 0) is 21.0 Å². The number of rotatable bonds is 7. The van der Waals surface area contributed by atoms with E-state index < -0.39 is 11.4 Å². The zero-order valence-electron chi connectivity index (χ0n) is 11.3. The van der Waals surface area contributed by atoms with E-state index in [4.69, 9.17) is 4.84 Å². The summed E-state index contributed by atoms with van der Waals surface area (Å²) in [6, 6.07) is 9.47. The number of carboxylic acid groups (broad SMARTS) is 1. The van der Waals surface area contributed by atoms with Crippen LogP contribution in [0, 0.1) is 5.41 Å². The van der Waals surface area contributed by atoms with Crippen molar-refractivity contribution in [3.63, 3.8) is 0 Å². The fraction of sp³-hybridized carbons (Fsp3) is 0.467. The van der Waals surface area contributed by atoms with Gasteiger partial charge < -0.3 is 5.11 Å². The monoisotopic (exact) mass is 277 g/mol. The molecule has 1 aliphatic rings. The average molecular weight is 277 g/mol. The standard InChI is InChI=1S/C15H19NO4/c17-12-16(20-10-13-6-2-1-3-7-13)11-15(14(18)19)8-4-5-9-15/h1-3,6-7,12H,4-5,8-11H2,(H,18,19). The van der Waals surface area contributed by atoms with Crippen molar-refractivity contribution >= 4 is 12.4 Å². The van der Waals surface area contributed by atoms with Gasteiger partial charge in [-0.05, 0) is 18.4 Å². The summed E-state index contributed by atoms with van der Waals surface area (Å²) in [6.45, 7) is 0.369. The van der Waals surface area contributed by atoms with Gasteiger partial charge in [-0.1, -0.05) is 43.2 Å². The van der Waals surface area contributed by atoms with Crippen LogP contribution in [0.4, 0.5) is 0 Å². The van der Waals surface area contributed by atoms with Crippen molar-refractivity contribution in [2.24, 2.45) is 5.41 Å². The molecular formula is C15H19NO4. The Balaban J connectivity index is 1.95. The number of aliphatic carboxylic acids is 1. The van der Waals surface area contributed by atoms with Gasteiger partial charge >= 0.3 is 5.97 Å². The molecule has 1 aromatic rings. The van der Waals surface area contributed by atoms with Gasteiger partial charge in [-0.3, -0.25) is 14.4 Å². The van der Waals surface area contributed by atoms with Crippen molar-refractivity contribution in [3.8, 4) is 0 Å². The number of carbonyl (C=O) groups is 2. The minimum absolute atomic E-state index is 0.110. The van der Waals surface area contributed by atoms with Gasteiger partial charge in [-0.25, -0.2) is 5.06 Å². The Bertz CT molecular complexity index is 454. The minimum atomic E-state index is -0.850. The van der Waals surface area contributed by atoms with Crippen molar-refractivity contribution < 1.29 is 19.5 Å². The van der Waals surface area contributed by atoms with E-state index >= 15 is 0 Å². The van der Waals surface area contributed by atoms with E-state index in [0.29, 0.717) is 19.3 Å². The van der Waals surface area contributed by atoms with E-state index in [-0.39, 0.29) is 13.2 Å². The van der Waals surface area contributed by atoms with Crippen LogP contribution in [0.2, 0.25) is 0 Å². The molecule has 1 amide bonds. The second kappa shape index (κ2) is 6.52. The fourth-order valence-corrected chi connectivity index (χ4v) is 2.63. The van der Waals surface area contributed by atoms with E-state index in [1.807, 2.05) is 30.3 Å². The van der Waals surface area contributed by atoms with Crippen molar-refractivity contribution in [1.82, 2.24) is 5.06 Å². The number of hydroxylamine groups is 2. The second-order valence-electron chi connectivity index (χ2n) is 5.23. The Kier molecular flexibility index (Phi) is 4.74. The van der Waals surface area contributed by atoms with Gasteiger partial charge in [0.1, 0.15) is 6.61 Å². The van der Waals surface area contributed by atoms with Crippen molar-refractivity contribution in [2.45, 2.75) is 32.3 Å². The molecule has 1 fully saturated rings. The van der Waals surface area contributed by atoms with E-state index in [1.54, 1.807) is 0 Å².